The smallest absolute Gasteiger partial charge is 0.249 e. The van der Waals surface area contributed by atoms with Crippen LogP contribution in [-0.4, -0.2) is 87.1 Å². The number of likely N-dealkylation sites (N-methyl/N-ethyl adjacent to an activating group) is 1. The molecule has 6 atom stereocenters. The Morgan fingerprint density at radius 3 is 2.31 bits per heavy atom. The topological polar surface area (TPSA) is 90.4 Å². The van der Waals surface area contributed by atoms with Gasteiger partial charge in [-0.25, -0.2) is 0 Å². The van der Waals surface area contributed by atoms with Crippen molar-refractivity contribution in [3.8, 4) is 0 Å². The highest BCUT2D eigenvalue weighted by Gasteiger charge is 2.75. The molecule has 8 nitrogen and oxygen atoms in total. The molecule has 1 unspecified atom stereocenters. The quantitative estimate of drug-likeness (QED) is 0.650. The third kappa shape index (κ3) is 3.38. The third-order valence-electron chi connectivity index (χ3n) is 8.20. The molecule has 4 aliphatic rings. The Kier molecular flexibility index (Phi) is 5.68. The lowest BCUT2D eigenvalue weighted by Gasteiger charge is -2.43. The van der Waals surface area contributed by atoms with Gasteiger partial charge in [0, 0.05) is 25.7 Å². The van der Waals surface area contributed by atoms with Gasteiger partial charge in [0.25, 0.3) is 0 Å². The van der Waals surface area contributed by atoms with E-state index in [1.165, 1.54) is 4.90 Å². The predicted molar refractivity (Wildman–Crippen MR) is 133 cm³/mol. The van der Waals surface area contributed by atoms with Crippen LogP contribution < -0.4 is 0 Å². The van der Waals surface area contributed by atoms with Crippen molar-refractivity contribution in [1.82, 2.24) is 14.7 Å². The molecule has 0 aromatic heterocycles. The summed E-state index contributed by atoms with van der Waals surface area (Å²) in [7, 11) is 1.72. The minimum absolute atomic E-state index is 0.184. The maximum absolute atomic E-state index is 14.4. The second kappa shape index (κ2) is 8.28. The van der Waals surface area contributed by atoms with Gasteiger partial charge in [-0.15, -0.1) is 0 Å². The zero-order valence-corrected chi connectivity index (χ0v) is 21.5. The average molecular weight is 494 g/mol. The third-order valence-corrected chi connectivity index (χ3v) is 8.20. The summed E-state index contributed by atoms with van der Waals surface area (Å²) in [4.78, 5) is 47.3. The molecule has 0 saturated carbocycles. The fourth-order valence-electron chi connectivity index (χ4n) is 6.55. The van der Waals surface area contributed by atoms with Crippen LogP contribution in [0.4, 0.5) is 0 Å². The van der Waals surface area contributed by atoms with Crippen molar-refractivity contribution in [2.75, 3.05) is 26.7 Å². The maximum atomic E-state index is 14.4. The average Bonchev–Trinajstić information content (AvgIpc) is 3.09. The van der Waals surface area contributed by atoms with Gasteiger partial charge in [-0.2, -0.15) is 0 Å². The number of carbonyl (C=O) groups is 3. The number of aliphatic hydroxyl groups is 1. The zero-order valence-electron chi connectivity index (χ0n) is 21.5. The Hall–Kier alpha value is -2.97. The van der Waals surface area contributed by atoms with Gasteiger partial charge < -0.3 is 24.5 Å². The van der Waals surface area contributed by atoms with Crippen LogP contribution in [0.5, 0.6) is 0 Å². The van der Waals surface area contributed by atoms with Gasteiger partial charge in [-0.3, -0.25) is 14.4 Å². The number of ether oxygens (including phenoxy) is 1. The van der Waals surface area contributed by atoms with E-state index < -0.39 is 40.7 Å². The van der Waals surface area contributed by atoms with Gasteiger partial charge >= 0.3 is 0 Å². The number of benzene rings is 1. The Morgan fingerprint density at radius 2 is 1.67 bits per heavy atom. The van der Waals surface area contributed by atoms with E-state index in [-0.39, 0.29) is 24.3 Å². The second-order valence-corrected chi connectivity index (χ2v) is 11.5. The van der Waals surface area contributed by atoms with Crippen LogP contribution in [0.15, 0.2) is 54.6 Å². The van der Waals surface area contributed by atoms with Gasteiger partial charge in [0.1, 0.15) is 11.6 Å². The SMILES string of the molecule is CN1CC=C[C@]2(C)O[C@]34C=CCN(C(C)(C)C)C(=O)C3N([C@H](CO)c3ccccc3)C(=O)[C@@H]4[C@@H]2C1=O. The second-order valence-electron chi connectivity index (χ2n) is 11.5. The molecule has 3 amide bonds. The van der Waals surface area contributed by atoms with Crippen LogP contribution in [0.1, 0.15) is 39.3 Å². The number of aliphatic hydroxyl groups excluding tert-OH is 1. The summed E-state index contributed by atoms with van der Waals surface area (Å²) < 4.78 is 6.80. The number of hydrogen-bond acceptors (Lipinski definition) is 5. The first kappa shape index (κ1) is 24.7. The van der Waals surface area contributed by atoms with Crippen molar-refractivity contribution in [1.29, 1.82) is 0 Å². The van der Waals surface area contributed by atoms with Gasteiger partial charge in [-0.05, 0) is 33.3 Å². The fourth-order valence-corrected chi connectivity index (χ4v) is 6.55. The number of hydrogen-bond donors (Lipinski definition) is 1. The summed E-state index contributed by atoms with van der Waals surface area (Å²) in [6.45, 7) is 8.12. The molecule has 4 heterocycles. The van der Waals surface area contributed by atoms with Crippen molar-refractivity contribution >= 4 is 17.7 Å². The van der Waals surface area contributed by atoms with Gasteiger partial charge in [-0.1, -0.05) is 54.6 Å². The summed E-state index contributed by atoms with van der Waals surface area (Å²) >= 11 is 0. The molecular weight excluding hydrogens is 458 g/mol. The lowest BCUT2D eigenvalue weighted by atomic mass is 9.74. The van der Waals surface area contributed by atoms with Crippen molar-refractivity contribution in [2.24, 2.45) is 11.8 Å². The lowest BCUT2D eigenvalue weighted by Crippen LogP contribution is -2.59. The first-order chi connectivity index (χ1) is 17.0. The highest BCUT2D eigenvalue weighted by molar-refractivity contribution is 6.00. The molecule has 0 radical (unpaired) electrons. The standard InChI is InChI=1S/C28H35N3O5/c1-26(2,3)30-16-10-14-28-21(20-23(33)29(5)15-9-13-27(20,4)36-28)24(34)31(22(28)25(30)35)19(17-32)18-11-7-6-8-12-18/h6-14,19-22,32H,15-17H2,1-5H3/t19-,20-,21+,22?,27+,28+/m1/s1. The summed E-state index contributed by atoms with van der Waals surface area (Å²) in [6.07, 6.45) is 7.48. The normalized spacial score (nSPS) is 34.9. The van der Waals surface area contributed by atoms with Gasteiger partial charge in [0.2, 0.25) is 17.7 Å². The highest BCUT2D eigenvalue weighted by Crippen LogP contribution is 2.58. The molecule has 5 rings (SSSR count). The minimum atomic E-state index is -1.34. The Morgan fingerprint density at radius 1 is 1.00 bits per heavy atom. The molecule has 4 aliphatic heterocycles. The predicted octanol–water partition coefficient (Wildman–Crippen LogP) is 1.92. The number of nitrogens with zero attached hydrogens (tertiary/aromatic N) is 3. The number of likely N-dealkylation sites (tertiary alicyclic amines) is 1. The van der Waals surface area contributed by atoms with E-state index in [1.807, 2.05) is 82.3 Å². The molecular formula is C28H35N3O5. The van der Waals surface area contributed by atoms with E-state index in [0.29, 0.717) is 13.1 Å². The Labute approximate surface area is 212 Å². The van der Waals surface area contributed by atoms with Crippen molar-refractivity contribution < 1.29 is 24.2 Å². The summed E-state index contributed by atoms with van der Waals surface area (Å²) in [5, 5.41) is 10.5. The van der Waals surface area contributed by atoms with E-state index in [9.17, 15) is 19.5 Å². The van der Waals surface area contributed by atoms with Gasteiger partial charge in [0.05, 0.1) is 30.1 Å². The molecule has 0 bridgehead atoms. The zero-order chi connectivity index (χ0) is 26.0. The molecule has 1 N–H and O–H groups in total. The number of carbonyl (C=O) groups excluding carboxylic acids is 3. The van der Waals surface area contributed by atoms with Crippen LogP contribution in [-0.2, 0) is 19.1 Å². The molecule has 2 saturated heterocycles. The fraction of sp³-hybridized carbons (Fsp3) is 0.536. The van der Waals surface area contributed by atoms with Gasteiger partial charge in [0.15, 0.2) is 0 Å². The van der Waals surface area contributed by atoms with E-state index in [1.54, 1.807) is 16.8 Å². The van der Waals surface area contributed by atoms with Crippen LogP contribution in [0.2, 0.25) is 0 Å². The molecule has 36 heavy (non-hydrogen) atoms. The van der Waals surface area contributed by atoms with Crippen molar-refractivity contribution in [3.05, 3.63) is 60.2 Å². The number of rotatable bonds is 3. The van der Waals surface area contributed by atoms with E-state index >= 15 is 0 Å². The van der Waals surface area contributed by atoms with E-state index in [2.05, 4.69) is 0 Å². The first-order valence-corrected chi connectivity index (χ1v) is 12.6. The summed E-state index contributed by atoms with van der Waals surface area (Å²) in [5.74, 6) is -2.47. The van der Waals surface area contributed by atoms with Crippen LogP contribution >= 0.6 is 0 Å². The molecule has 192 valence electrons. The molecule has 1 aromatic rings. The van der Waals surface area contributed by atoms with E-state index in [0.717, 1.165) is 5.56 Å². The number of amides is 3. The van der Waals surface area contributed by atoms with Crippen molar-refractivity contribution in [3.63, 3.8) is 0 Å². The molecule has 0 aliphatic carbocycles. The monoisotopic (exact) mass is 493 g/mol. The maximum Gasteiger partial charge on any atom is 0.249 e. The Balaban J connectivity index is 1.73. The summed E-state index contributed by atoms with van der Waals surface area (Å²) in [6, 6.07) is 7.44. The summed E-state index contributed by atoms with van der Waals surface area (Å²) in [5.41, 5.74) is -2.17. The molecule has 8 heteroatoms. The minimum Gasteiger partial charge on any atom is -0.394 e. The lowest BCUT2D eigenvalue weighted by molar-refractivity contribution is -0.158. The number of fused-ring (bicyclic) bond motifs is 2. The van der Waals surface area contributed by atoms with Crippen LogP contribution in [0.25, 0.3) is 0 Å². The molecule has 1 spiro atoms. The molecule has 1 aromatic carbocycles. The first-order valence-electron chi connectivity index (χ1n) is 12.6. The van der Waals surface area contributed by atoms with Crippen LogP contribution in [0, 0.1) is 11.8 Å². The largest absolute Gasteiger partial charge is 0.394 e. The van der Waals surface area contributed by atoms with Crippen LogP contribution in [0.3, 0.4) is 0 Å². The van der Waals surface area contributed by atoms with E-state index in [4.69, 9.17) is 4.74 Å². The Bertz CT molecular complexity index is 1140. The highest BCUT2D eigenvalue weighted by atomic mass is 16.5. The molecule has 2 fully saturated rings. The van der Waals surface area contributed by atoms with Crippen molar-refractivity contribution in [2.45, 2.75) is 56.5 Å².